The number of nitrogens with one attached hydrogen (secondary N) is 2. The van der Waals surface area contributed by atoms with Crippen LogP contribution in [0.3, 0.4) is 0 Å². The van der Waals surface area contributed by atoms with Crippen molar-refractivity contribution >= 4 is 17.8 Å². The minimum absolute atomic E-state index is 0.146. The van der Waals surface area contributed by atoms with E-state index in [4.69, 9.17) is 9.47 Å². The Bertz CT molecular complexity index is 813. The van der Waals surface area contributed by atoms with E-state index in [2.05, 4.69) is 15.3 Å². The van der Waals surface area contributed by atoms with Crippen LogP contribution in [-0.2, 0) is 36.7 Å². The summed E-state index contributed by atoms with van der Waals surface area (Å²) in [6, 6.07) is 8.26. The maximum Gasteiger partial charge on any atom is 0.328 e. The number of aromatic amines is 1. The summed E-state index contributed by atoms with van der Waals surface area (Å²) in [4.78, 5) is 44.4. The molecule has 1 amide bonds. The Balaban J connectivity index is 2.18. The molecular weight excluding hydrogens is 374 g/mol. The quantitative estimate of drug-likeness (QED) is 0.653. The van der Waals surface area contributed by atoms with Gasteiger partial charge in [0.2, 0.25) is 0 Å². The first-order valence-corrected chi connectivity index (χ1v) is 9.31. The lowest BCUT2D eigenvalue weighted by Gasteiger charge is -2.24. The Morgan fingerprint density at radius 2 is 1.83 bits per heavy atom. The van der Waals surface area contributed by atoms with Gasteiger partial charge in [-0.2, -0.15) is 0 Å². The third-order valence-electron chi connectivity index (χ3n) is 4.19. The van der Waals surface area contributed by atoms with E-state index in [1.54, 1.807) is 27.0 Å². The number of hydrogen-bond donors (Lipinski definition) is 2. The molecule has 2 aromatic rings. The number of aromatic nitrogens is 2. The number of carbonyl (C=O) groups excluding carboxylic acids is 3. The molecule has 0 bridgehead atoms. The molecule has 0 aliphatic rings. The molecular formula is C21H27N3O5. The summed E-state index contributed by atoms with van der Waals surface area (Å²) in [5.74, 6) is -1.69. The third-order valence-corrected chi connectivity index (χ3v) is 4.19. The summed E-state index contributed by atoms with van der Waals surface area (Å²) in [5.41, 5.74) is 0.648. The van der Waals surface area contributed by atoms with Crippen molar-refractivity contribution in [2.45, 2.75) is 45.8 Å². The molecule has 156 valence electrons. The third kappa shape index (κ3) is 6.74. The number of H-pyrrole nitrogens is 1. The monoisotopic (exact) mass is 401 g/mol. The van der Waals surface area contributed by atoms with Crippen molar-refractivity contribution in [3.8, 4) is 0 Å². The first kappa shape index (κ1) is 22.1. The van der Waals surface area contributed by atoms with Crippen molar-refractivity contribution in [3.05, 3.63) is 54.1 Å². The molecule has 0 aliphatic heterocycles. The van der Waals surface area contributed by atoms with Crippen LogP contribution in [0.25, 0.3) is 0 Å². The van der Waals surface area contributed by atoms with Gasteiger partial charge in [0.05, 0.1) is 24.5 Å². The highest BCUT2D eigenvalue weighted by atomic mass is 16.6. The molecule has 0 saturated heterocycles. The van der Waals surface area contributed by atoms with Crippen LogP contribution in [0.15, 0.2) is 42.9 Å². The van der Waals surface area contributed by atoms with Crippen LogP contribution in [0.1, 0.15) is 32.0 Å². The van der Waals surface area contributed by atoms with E-state index in [0.29, 0.717) is 5.69 Å². The van der Waals surface area contributed by atoms with Crippen molar-refractivity contribution in [1.29, 1.82) is 0 Å². The highest BCUT2D eigenvalue weighted by Crippen LogP contribution is 2.18. The Morgan fingerprint density at radius 3 is 2.38 bits per heavy atom. The first-order valence-electron chi connectivity index (χ1n) is 9.31. The first-order chi connectivity index (χ1) is 13.7. The molecule has 8 nitrogen and oxygen atoms in total. The van der Waals surface area contributed by atoms with Crippen molar-refractivity contribution in [3.63, 3.8) is 0 Å². The van der Waals surface area contributed by atoms with E-state index in [9.17, 15) is 14.4 Å². The standard InChI is InChI=1S/C21H27N3O5/c1-21(2,3)20(27)29-17(10-14-8-6-5-7-9-14)18(25)24-16(19(26)28-4)11-15-12-22-13-23-15/h5-9,12-13,16-17H,10-11H2,1-4H3,(H,22,23)(H,24,25)/t16-,17-/m0/s1. The Hall–Kier alpha value is -3.16. The summed E-state index contributed by atoms with van der Waals surface area (Å²) in [6.45, 7) is 5.13. The number of nitrogens with zero attached hydrogens (tertiary/aromatic N) is 1. The molecule has 29 heavy (non-hydrogen) atoms. The lowest BCUT2D eigenvalue weighted by atomic mass is 9.97. The van der Waals surface area contributed by atoms with Crippen LogP contribution < -0.4 is 5.32 Å². The van der Waals surface area contributed by atoms with Gasteiger partial charge in [0.1, 0.15) is 6.04 Å². The van der Waals surface area contributed by atoms with Gasteiger partial charge < -0.3 is 19.8 Å². The van der Waals surface area contributed by atoms with E-state index in [-0.39, 0.29) is 12.8 Å². The molecule has 0 spiro atoms. The molecule has 2 rings (SSSR count). The average Bonchev–Trinajstić information content (AvgIpc) is 3.19. The zero-order chi connectivity index (χ0) is 21.4. The maximum absolute atomic E-state index is 12.9. The van der Waals surface area contributed by atoms with Crippen LogP contribution >= 0.6 is 0 Å². The molecule has 8 heteroatoms. The fourth-order valence-electron chi connectivity index (χ4n) is 2.53. The van der Waals surface area contributed by atoms with Crippen LogP contribution in [0.5, 0.6) is 0 Å². The smallest absolute Gasteiger partial charge is 0.328 e. The normalized spacial score (nSPS) is 13.2. The number of imidazole rings is 1. The zero-order valence-electron chi connectivity index (χ0n) is 17.1. The van der Waals surface area contributed by atoms with Gasteiger partial charge in [0, 0.05) is 19.0 Å². The van der Waals surface area contributed by atoms with Gasteiger partial charge >= 0.3 is 11.9 Å². The molecule has 2 N–H and O–H groups in total. The molecule has 0 unspecified atom stereocenters. The summed E-state index contributed by atoms with van der Waals surface area (Å²) in [6.07, 6.45) is 2.35. The van der Waals surface area contributed by atoms with Gasteiger partial charge in [0.15, 0.2) is 6.10 Å². The highest BCUT2D eigenvalue weighted by molar-refractivity contribution is 5.89. The van der Waals surface area contributed by atoms with E-state index < -0.39 is 35.4 Å². The molecule has 0 aliphatic carbocycles. The van der Waals surface area contributed by atoms with E-state index >= 15 is 0 Å². The van der Waals surface area contributed by atoms with Crippen molar-refractivity contribution in [1.82, 2.24) is 15.3 Å². The van der Waals surface area contributed by atoms with Gasteiger partial charge in [-0.3, -0.25) is 9.59 Å². The second-order valence-electron chi connectivity index (χ2n) is 7.68. The van der Waals surface area contributed by atoms with Crippen LogP contribution in [0, 0.1) is 5.41 Å². The molecule has 1 heterocycles. The second-order valence-corrected chi connectivity index (χ2v) is 7.68. The number of esters is 2. The van der Waals surface area contributed by atoms with Crippen molar-refractivity contribution in [2.24, 2.45) is 5.41 Å². The minimum Gasteiger partial charge on any atom is -0.467 e. The minimum atomic E-state index is -1.09. The van der Waals surface area contributed by atoms with E-state index in [1.807, 2.05) is 30.3 Å². The van der Waals surface area contributed by atoms with E-state index in [0.717, 1.165) is 5.56 Å². The molecule has 1 aromatic carbocycles. The van der Waals surface area contributed by atoms with Crippen LogP contribution in [-0.4, -0.2) is 47.1 Å². The number of benzene rings is 1. The van der Waals surface area contributed by atoms with Gasteiger partial charge in [-0.25, -0.2) is 9.78 Å². The number of carbonyl (C=O) groups is 3. The van der Waals surface area contributed by atoms with Crippen LogP contribution in [0.4, 0.5) is 0 Å². The second kappa shape index (κ2) is 9.86. The predicted molar refractivity (Wildman–Crippen MR) is 106 cm³/mol. The largest absolute Gasteiger partial charge is 0.467 e. The topological polar surface area (TPSA) is 110 Å². The Kier molecular flexibility index (Phi) is 7.52. The van der Waals surface area contributed by atoms with Crippen molar-refractivity contribution < 1.29 is 23.9 Å². The summed E-state index contributed by atoms with van der Waals surface area (Å²) in [7, 11) is 1.24. The van der Waals surface area contributed by atoms with Gasteiger partial charge in [-0.15, -0.1) is 0 Å². The number of amides is 1. The lowest BCUT2D eigenvalue weighted by molar-refractivity contribution is -0.164. The number of rotatable bonds is 8. The number of hydrogen-bond acceptors (Lipinski definition) is 6. The lowest BCUT2D eigenvalue weighted by Crippen LogP contribution is -2.49. The summed E-state index contributed by atoms with van der Waals surface area (Å²) in [5, 5.41) is 2.64. The molecule has 2 atom stereocenters. The fraction of sp³-hybridized carbons (Fsp3) is 0.429. The van der Waals surface area contributed by atoms with Gasteiger partial charge in [0.25, 0.3) is 5.91 Å². The molecule has 0 radical (unpaired) electrons. The molecule has 0 saturated carbocycles. The maximum atomic E-state index is 12.9. The summed E-state index contributed by atoms with van der Waals surface area (Å²) >= 11 is 0. The van der Waals surface area contributed by atoms with E-state index in [1.165, 1.54) is 13.4 Å². The predicted octanol–water partition coefficient (Wildman–Crippen LogP) is 1.81. The fourth-order valence-corrected chi connectivity index (χ4v) is 2.53. The number of ether oxygens (including phenoxy) is 2. The Labute approximate surface area is 170 Å². The van der Waals surface area contributed by atoms with Crippen LogP contribution in [0.2, 0.25) is 0 Å². The average molecular weight is 401 g/mol. The highest BCUT2D eigenvalue weighted by Gasteiger charge is 2.32. The van der Waals surface area contributed by atoms with Gasteiger partial charge in [-0.05, 0) is 26.3 Å². The number of methoxy groups -OCH3 is 1. The van der Waals surface area contributed by atoms with Crippen molar-refractivity contribution in [2.75, 3.05) is 7.11 Å². The SMILES string of the molecule is COC(=O)[C@H](Cc1c[nH]cn1)NC(=O)[C@H](Cc1ccccc1)OC(=O)C(C)(C)C. The Morgan fingerprint density at radius 1 is 1.14 bits per heavy atom. The molecule has 0 fully saturated rings. The summed E-state index contributed by atoms with van der Waals surface area (Å²) < 4.78 is 10.3. The zero-order valence-corrected chi connectivity index (χ0v) is 17.1. The van der Waals surface area contributed by atoms with Gasteiger partial charge in [-0.1, -0.05) is 30.3 Å². The molecule has 1 aromatic heterocycles.